The Balaban J connectivity index is 1.86. The van der Waals surface area contributed by atoms with Crippen molar-refractivity contribution in [1.29, 1.82) is 0 Å². The second-order valence-corrected chi connectivity index (χ2v) is 5.96. The number of benzene rings is 1. The highest BCUT2D eigenvalue weighted by molar-refractivity contribution is 5.94. The van der Waals surface area contributed by atoms with Gasteiger partial charge in [-0.05, 0) is 51.9 Å². The fraction of sp³-hybridized carbons (Fsp3) is 0.556. The summed E-state index contributed by atoms with van der Waals surface area (Å²) < 4.78 is 10.2. The minimum Gasteiger partial charge on any atom is -0.497 e. The van der Waals surface area contributed by atoms with E-state index in [1.165, 1.54) is 0 Å². The van der Waals surface area contributed by atoms with Crippen molar-refractivity contribution in [3.8, 4) is 5.75 Å². The average molecular weight is 334 g/mol. The van der Waals surface area contributed by atoms with Crippen LogP contribution in [-0.2, 0) is 14.3 Å². The normalized spacial score (nSPS) is 17.1. The Morgan fingerprint density at radius 3 is 2.67 bits per heavy atom. The molecule has 6 heteroatoms. The lowest BCUT2D eigenvalue weighted by Crippen LogP contribution is -2.47. The minimum atomic E-state index is -0.251. The van der Waals surface area contributed by atoms with Gasteiger partial charge in [-0.2, -0.15) is 0 Å². The highest BCUT2D eigenvalue weighted by Gasteiger charge is 2.30. The number of ether oxygens (including phenoxy) is 2. The summed E-state index contributed by atoms with van der Waals surface area (Å²) in [6.07, 6.45) is 1.46. The molecule has 132 valence electrons. The molecule has 1 aromatic carbocycles. The highest BCUT2D eigenvalue weighted by atomic mass is 16.5. The van der Waals surface area contributed by atoms with Crippen LogP contribution in [0.15, 0.2) is 24.3 Å². The first kappa shape index (κ1) is 18.3. The summed E-state index contributed by atoms with van der Waals surface area (Å²) in [6.45, 7) is 5.56. The number of methoxy groups -OCH3 is 1. The van der Waals surface area contributed by atoms with Crippen molar-refractivity contribution < 1.29 is 19.1 Å². The summed E-state index contributed by atoms with van der Waals surface area (Å²) in [5.74, 6) is 0.481. The van der Waals surface area contributed by atoms with Gasteiger partial charge in [0.1, 0.15) is 5.75 Å². The summed E-state index contributed by atoms with van der Waals surface area (Å²) in [7, 11) is 1.59. The lowest BCUT2D eigenvalue weighted by atomic mass is 9.96. The number of nitrogens with one attached hydrogen (secondary N) is 1. The van der Waals surface area contributed by atoms with Gasteiger partial charge in [-0.3, -0.25) is 14.5 Å². The molecule has 1 amide bonds. The molecule has 0 radical (unpaired) electrons. The van der Waals surface area contributed by atoms with Crippen LogP contribution in [0.2, 0.25) is 0 Å². The van der Waals surface area contributed by atoms with Gasteiger partial charge in [-0.25, -0.2) is 0 Å². The maximum Gasteiger partial charge on any atom is 0.309 e. The molecule has 6 nitrogen and oxygen atoms in total. The van der Waals surface area contributed by atoms with Gasteiger partial charge in [-0.15, -0.1) is 0 Å². The number of nitrogens with zero attached hydrogens (tertiary/aromatic N) is 1. The van der Waals surface area contributed by atoms with Gasteiger partial charge in [0.15, 0.2) is 0 Å². The molecule has 0 spiro atoms. The highest BCUT2D eigenvalue weighted by Crippen LogP contribution is 2.22. The van der Waals surface area contributed by atoms with E-state index in [9.17, 15) is 9.59 Å². The van der Waals surface area contributed by atoms with Crippen molar-refractivity contribution in [2.24, 2.45) is 5.92 Å². The van der Waals surface area contributed by atoms with E-state index in [0.29, 0.717) is 18.0 Å². The second kappa shape index (κ2) is 8.68. The zero-order valence-corrected chi connectivity index (χ0v) is 14.6. The standard InChI is InChI=1S/C18H26N2O4/c1-4-24-18(22)14-8-10-20(11-9-14)13(2)17(21)19-15-6-5-7-16(12-15)23-3/h5-7,12-14H,4,8-11H2,1-3H3,(H,19,21). The molecule has 1 aliphatic heterocycles. The van der Waals surface area contributed by atoms with E-state index in [2.05, 4.69) is 10.2 Å². The van der Waals surface area contributed by atoms with Gasteiger partial charge in [0.25, 0.3) is 0 Å². The van der Waals surface area contributed by atoms with Crippen LogP contribution in [-0.4, -0.2) is 49.6 Å². The summed E-state index contributed by atoms with van der Waals surface area (Å²) in [4.78, 5) is 26.3. The second-order valence-electron chi connectivity index (χ2n) is 5.96. The third-order valence-corrected chi connectivity index (χ3v) is 4.41. The van der Waals surface area contributed by atoms with E-state index < -0.39 is 0 Å². The van der Waals surface area contributed by atoms with Gasteiger partial charge < -0.3 is 14.8 Å². The van der Waals surface area contributed by atoms with E-state index in [1.807, 2.05) is 32.0 Å². The van der Waals surface area contributed by atoms with E-state index in [0.717, 1.165) is 25.9 Å². The molecule has 1 atom stereocenters. The number of likely N-dealkylation sites (tertiary alicyclic amines) is 1. The number of rotatable bonds is 6. The Morgan fingerprint density at radius 1 is 1.33 bits per heavy atom. The lowest BCUT2D eigenvalue weighted by Gasteiger charge is -2.34. The fourth-order valence-electron chi connectivity index (χ4n) is 2.90. The lowest BCUT2D eigenvalue weighted by molar-refractivity contribution is -0.149. The van der Waals surface area contributed by atoms with Gasteiger partial charge in [0, 0.05) is 11.8 Å². The first-order valence-corrected chi connectivity index (χ1v) is 8.40. The summed E-state index contributed by atoms with van der Waals surface area (Å²) in [5, 5.41) is 2.92. The predicted octanol–water partition coefficient (Wildman–Crippen LogP) is 2.30. The van der Waals surface area contributed by atoms with Gasteiger partial charge in [0.05, 0.1) is 25.7 Å². The maximum absolute atomic E-state index is 12.4. The number of anilines is 1. The van der Waals surface area contributed by atoms with Crippen LogP contribution in [0.5, 0.6) is 5.75 Å². The van der Waals surface area contributed by atoms with Gasteiger partial charge >= 0.3 is 5.97 Å². The molecule has 1 heterocycles. The Hall–Kier alpha value is -2.08. The van der Waals surface area contributed by atoms with E-state index >= 15 is 0 Å². The van der Waals surface area contributed by atoms with E-state index in [4.69, 9.17) is 9.47 Å². The van der Waals surface area contributed by atoms with Crippen LogP contribution >= 0.6 is 0 Å². The summed E-state index contributed by atoms with van der Waals surface area (Å²) >= 11 is 0. The number of carbonyl (C=O) groups is 2. The molecule has 1 unspecified atom stereocenters. The Bertz CT molecular complexity index is 568. The molecule has 1 aromatic rings. The zero-order chi connectivity index (χ0) is 17.5. The third kappa shape index (κ3) is 4.71. The number of hydrogen-bond donors (Lipinski definition) is 1. The van der Waals surface area contributed by atoms with Crippen molar-refractivity contribution in [2.75, 3.05) is 32.1 Å². The van der Waals surface area contributed by atoms with Crippen LogP contribution in [0.3, 0.4) is 0 Å². The number of amides is 1. The molecule has 24 heavy (non-hydrogen) atoms. The number of carbonyl (C=O) groups excluding carboxylic acids is 2. The molecule has 2 rings (SSSR count). The molecule has 0 aliphatic carbocycles. The molecule has 1 fully saturated rings. The Kier molecular flexibility index (Phi) is 6.61. The zero-order valence-electron chi connectivity index (χ0n) is 14.6. The van der Waals surface area contributed by atoms with Crippen LogP contribution < -0.4 is 10.1 Å². The van der Waals surface area contributed by atoms with Crippen molar-refractivity contribution in [2.45, 2.75) is 32.7 Å². The fourth-order valence-corrected chi connectivity index (χ4v) is 2.90. The quantitative estimate of drug-likeness (QED) is 0.809. The van der Waals surface area contributed by atoms with Crippen LogP contribution in [0.1, 0.15) is 26.7 Å². The molecule has 0 aromatic heterocycles. The first-order valence-electron chi connectivity index (χ1n) is 8.40. The number of piperidine rings is 1. The van der Waals surface area contributed by atoms with Crippen molar-refractivity contribution in [3.05, 3.63) is 24.3 Å². The molecule has 0 bridgehead atoms. The monoisotopic (exact) mass is 334 g/mol. The molecular weight excluding hydrogens is 308 g/mol. The topological polar surface area (TPSA) is 67.9 Å². The molecular formula is C18H26N2O4. The summed E-state index contributed by atoms with van der Waals surface area (Å²) in [5.41, 5.74) is 0.715. The SMILES string of the molecule is CCOC(=O)C1CCN(C(C)C(=O)Nc2cccc(OC)c2)CC1. The minimum absolute atomic E-state index is 0.0464. The van der Waals surface area contributed by atoms with Crippen molar-refractivity contribution >= 4 is 17.6 Å². The smallest absolute Gasteiger partial charge is 0.309 e. The van der Waals surface area contributed by atoms with Gasteiger partial charge in [-0.1, -0.05) is 6.07 Å². The molecule has 1 aliphatic rings. The van der Waals surface area contributed by atoms with Crippen molar-refractivity contribution in [3.63, 3.8) is 0 Å². The van der Waals surface area contributed by atoms with E-state index in [1.54, 1.807) is 13.2 Å². The largest absolute Gasteiger partial charge is 0.497 e. The molecule has 0 saturated carbocycles. The van der Waals surface area contributed by atoms with E-state index in [-0.39, 0.29) is 23.8 Å². The molecule has 1 N–H and O–H groups in total. The first-order chi connectivity index (χ1) is 11.5. The third-order valence-electron chi connectivity index (χ3n) is 4.41. The van der Waals surface area contributed by atoms with Crippen molar-refractivity contribution in [1.82, 2.24) is 4.90 Å². The Morgan fingerprint density at radius 2 is 2.04 bits per heavy atom. The average Bonchev–Trinajstić information content (AvgIpc) is 2.61. The van der Waals surface area contributed by atoms with Crippen LogP contribution in [0.4, 0.5) is 5.69 Å². The number of esters is 1. The van der Waals surface area contributed by atoms with Crippen LogP contribution in [0, 0.1) is 5.92 Å². The van der Waals surface area contributed by atoms with Gasteiger partial charge in [0.2, 0.25) is 5.91 Å². The Labute approximate surface area is 143 Å². The maximum atomic E-state index is 12.4. The van der Waals surface area contributed by atoms with Crippen LogP contribution in [0.25, 0.3) is 0 Å². The molecule has 1 saturated heterocycles. The number of hydrogen-bond acceptors (Lipinski definition) is 5. The summed E-state index contributed by atoms with van der Waals surface area (Å²) in [6, 6.07) is 7.04. The predicted molar refractivity (Wildman–Crippen MR) is 92.0 cm³/mol.